The van der Waals surface area contributed by atoms with Gasteiger partial charge in [-0.05, 0) is 36.0 Å². The van der Waals surface area contributed by atoms with Crippen LogP contribution in [0, 0.1) is 0 Å². The van der Waals surface area contributed by atoms with Crippen LogP contribution in [0.2, 0.25) is 0 Å². The van der Waals surface area contributed by atoms with Gasteiger partial charge in [-0.15, -0.1) is 0 Å². The number of carbonyl (C=O) groups excluding carboxylic acids is 3. The molecule has 2 amide bonds. The number of halogens is 1. The third-order valence-electron chi connectivity index (χ3n) is 3.46. The number of benzene rings is 1. The fraction of sp³-hybridized carbons (Fsp3) is 0.250. The van der Waals surface area contributed by atoms with E-state index < -0.39 is 17.8 Å². The highest BCUT2D eigenvalue weighted by molar-refractivity contribution is 9.10. The summed E-state index contributed by atoms with van der Waals surface area (Å²) in [6.45, 7) is -0.289. The topological polar surface area (TPSA) is 94.2 Å². The van der Waals surface area contributed by atoms with Gasteiger partial charge in [-0.25, -0.2) is 4.79 Å². The number of nitrogens with one attached hydrogen (secondary N) is 1. The Hall–Kier alpha value is -2.46. The van der Waals surface area contributed by atoms with Gasteiger partial charge in [0.1, 0.15) is 5.57 Å². The van der Waals surface area contributed by atoms with Gasteiger partial charge in [0, 0.05) is 11.5 Å². The van der Waals surface area contributed by atoms with Crippen molar-refractivity contribution in [1.29, 1.82) is 0 Å². The second-order valence-electron chi connectivity index (χ2n) is 5.07. The predicted molar refractivity (Wildman–Crippen MR) is 99.7 cm³/mol. The maximum atomic E-state index is 12.3. The van der Waals surface area contributed by atoms with Crippen LogP contribution < -0.4 is 14.8 Å². The smallest absolute Gasteiger partial charge is 0.343 e. The highest BCUT2D eigenvalue weighted by Crippen LogP contribution is 2.35. The van der Waals surface area contributed by atoms with Crippen molar-refractivity contribution in [2.45, 2.75) is 0 Å². The largest absolute Gasteiger partial charge is 0.493 e. The van der Waals surface area contributed by atoms with Gasteiger partial charge in [-0.2, -0.15) is 0 Å². The molecule has 26 heavy (non-hydrogen) atoms. The van der Waals surface area contributed by atoms with E-state index in [9.17, 15) is 14.4 Å². The number of hydrogen-bond acceptors (Lipinski definition) is 7. The zero-order chi connectivity index (χ0) is 19.4. The van der Waals surface area contributed by atoms with Gasteiger partial charge in [0.2, 0.25) is 0 Å². The standard InChI is InChI=1S/C16H15BrN2O6S/c1-19-15(22)9(14(21)18-16(19)26)4-8-5-11(23-2)12(6-10(8)17)25-7-13(20)24-3/h4-6H,7H2,1-3H3,(H,18,21,26)/b9-4+. The van der Waals surface area contributed by atoms with Gasteiger partial charge in [0.05, 0.1) is 14.2 Å². The number of rotatable bonds is 5. The molecule has 0 spiro atoms. The first-order valence-electron chi connectivity index (χ1n) is 7.20. The van der Waals surface area contributed by atoms with Crippen LogP contribution in [0.3, 0.4) is 0 Å². The van der Waals surface area contributed by atoms with Crippen LogP contribution in [-0.4, -0.2) is 55.7 Å². The molecule has 0 atom stereocenters. The molecule has 1 aliphatic heterocycles. The van der Waals surface area contributed by atoms with Crippen LogP contribution in [0.1, 0.15) is 5.56 Å². The molecule has 1 aromatic carbocycles. The number of carbonyl (C=O) groups is 3. The van der Waals surface area contributed by atoms with E-state index in [0.29, 0.717) is 21.5 Å². The molecule has 0 aromatic heterocycles. The van der Waals surface area contributed by atoms with Crippen LogP contribution in [0.25, 0.3) is 6.08 Å². The highest BCUT2D eigenvalue weighted by atomic mass is 79.9. The molecule has 1 N–H and O–H groups in total. The van der Waals surface area contributed by atoms with E-state index in [-0.39, 0.29) is 17.3 Å². The third kappa shape index (κ3) is 4.20. The summed E-state index contributed by atoms with van der Waals surface area (Å²) in [5, 5.41) is 2.48. The summed E-state index contributed by atoms with van der Waals surface area (Å²) < 4.78 is 15.7. The Morgan fingerprint density at radius 1 is 1.31 bits per heavy atom. The lowest BCUT2D eigenvalue weighted by atomic mass is 10.1. The van der Waals surface area contributed by atoms with Crippen LogP contribution >= 0.6 is 28.1 Å². The SMILES string of the molecule is COC(=O)COc1cc(Br)c(/C=C2\C(=O)NC(=S)N(C)C2=O)cc1OC. The van der Waals surface area contributed by atoms with Crippen molar-refractivity contribution in [2.75, 3.05) is 27.9 Å². The van der Waals surface area contributed by atoms with Gasteiger partial charge in [-0.3, -0.25) is 19.8 Å². The lowest BCUT2D eigenvalue weighted by Gasteiger charge is -2.25. The molecule has 138 valence electrons. The zero-order valence-electron chi connectivity index (χ0n) is 14.1. The molecule has 0 saturated carbocycles. The summed E-state index contributed by atoms with van der Waals surface area (Å²) in [5.41, 5.74) is 0.430. The van der Waals surface area contributed by atoms with Crippen molar-refractivity contribution in [2.24, 2.45) is 0 Å². The molecule has 0 bridgehead atoms. The van der Waals surface area contributed by atoms with Crippen molar-refractivity contribution < 1.29 is 28.6 Å². The van der Waals surface area contributed by atoms with Gasteiger partial charge in [-0.1, -0.05) is 15.9 Å². The van der Waals surface area contributed by atoms with E-state index in [1.165, 1.54) is 32.2 Å². The summed E-state index contributed by atoms with van der Waals surface area (Å²) in [6, 6.07) is 3.13. The number of nitrogens with zero attached hydrogens (tertiary/aromatic N) is 1. The summed E-state index contributed by atoms with van der Waals surface area (Å²) in [7, 11) is 4.15. The van der Waals surface area contributed by atoms with Crippen LogP contribution in [-0.2, 0) is 19.1 Å². The lowest BCUT2D eigenvalue weighted by Crippen LogP contribution is -2.52. The molecule has 8 nitrogen and oxygen atoms in total. The highest BCUT2D eigenvalue weighted by Gasteiger charge is 2.31. The first-order chi connectivity index (χ1) is 12.3. The second-order valence-corrected chi connectivity index (χ2v) is 6.31. The normalized spacial score (nSPS) is 15.8. The van der Waals surface area contributed by atoms with Gasteiger partial charge < -0.3 is 14.2 Å². The first kappa shape index (κ1) is 19.9. The number of thiocarbonyl (C=S) groups is 1. The Morgan fingerprint density at radius 2 is 2.00 bits per heavy atom. The van der Waals surface area contributed by atoms with Crippen LogP contribution in [0.5, 0.6) is 11.5 Å². The van der Waals surface area contributed by atoms with Gasteiger partial charge >= 0.3 is 5.97 Å². The number of amides is 2. The predicted octanol–water partition coefficient (Wildman–Crippen LogP) is 1.27. The fourth-order valence-electron chi connectivity index (χ4n) is 2.03. The molecule has 1 saturated heterocycles. The molecular formula is C16H15BrN2O6S. The third-order valence-corrected chi connectivity index (χ3v) is 4.52. The molecule has 1 aliphatic rings. The van der Waals surface area contributed by atoms with Crippen molar-refractivity contribution in [3.63, 3.8) is 0 Å². The van der Waals surface area contributed by atoms with E-state index in [4.69, 9.17) is 21.7 Å². The Bertz CT molecular complexity index is 823. The molecule has 1 fully saturated rings. The molecule has 2 rings (SSSR count). The monoisotopic (exact) mass is 442 g/mol. The molecule has 0 radical (unpaired) electrons. The molecule has 1 aromatic rings. The summed E-state index contributed by atoms with van der Waals surface area (Å²) in [6.07, 6.45) is 1.41. The molecule has 1 heterocycles. The van der Waals surface area contributed by atoms with Crippen LogP contribution in [0.4, 0.5) is 0 Å². The van der Waals surface area contributed by atoms with E-state index in [0.717, 1.165) is 0 Å². The first-order valence-corrected chi connectivity index (χ1v) is 8.40. The van der Waals surface area contributed by atoms with E-state index in [2.05, 4.69) is 26.0 Å². The quantitative estimate of drug-likeness (QED) is 0.317. The maximum absolute atomic E-state index is 12.3. The van der Waals surface area contributed by atoms with Crippen molar-refractivity contribution in [3.8, 4) is 11.5 Å². The Labute approximate surface area is 163 Å². The molecule has 0 aliphatic carbocycles. The summed E-state index contributed by atoms with van der Waals surface area (Å²) >= 11 is 8.25. The maximum Gasteiger partial charge on any atom is 0.343 e. The number of likely N-dealkylation sites (N-methyl/N-ethyl adjacent to an activating group) is 1. The Kier molecular flexibility index (Phi) is 6.32. The van der Waals surface area contributed by atoms with Crippen LogP contribution in [0.15, 0.2) is 22.2 Å². The van der Waals surface area contributed by atoms with E-state index >= 15 is 0 Å². The van der Waals surface area contributed by atoms with Gasteiger partial charge in [0.15, 0.2) is 23.2 Å². The number of esters is 1. The second kappa shape index (κ2) is 8.28. The average Bonchev–Trinajstić information content (AvgIpc) is 2.62. The Balaban J connectivity index is 2.38. The minimum atomic E-state index is -0.588. The fourth-order valence-corrected chi connectivity index (χ4v) is 2.64. The lowest BCUT2D eigenvalue weighted by molar-refractivity contribution is -0.143. The van der Waals surface area contributed by atoms with Crippen molar-refractivity contribution in [1.82, 2.24) is 10.2 Å². The van der Waals surface area contributed by atoms with Crippen molar-refractivity contribution in [3.05, 3.63) is 27.7 Å². The summed E-state index contributed by atoms with van der Waals surface area (Å²) in [4.78, 5) is 36.7. The number of ether oxygens (including phenoxy) is 3. The molecule has 0 unspecified atom stereocenters. The summed E-state index contributed by atoms with van der Waals surface area (Å²) in [5.74, 6) is -1.04. The average molecular weight is 443 g/mol. The minimum absolute atomic E-state index is 0.0420. The molecule has 10 heteroatoms. The van der Waals surface area contributed by atoms with Gasteiger partial charge in [0.25, 0.3) is 11.8 Å². The van der Waals surface area contributed by atoms with Crippen molar-refractivity contribution >= 4 is 57.1 Å². The van der Waals surface area contributed by atoms with E-state index in [1.807, 2.05) is 0 Å². The minimum Gasteiger partial charge on any atom is -0.493 e. The molecular weight excluding hydrogens is 428 g/mol. The number of hydrogen-bond donors (Lipinski definition) is 1. The Morgan fingerprint density at radius 3 is 2.62 bits per heavy atom. The zero-order valence-corrected chi connectivity index (χ0v) is 16.5. The number of methoxy groups -OCH3 is 2. The van der Waals surface area contributed by atoms with E-state index in [1.54, 1.807) is 12.1 Å².